The first-order chi connectivity index (χ1) is 6.86. The third-order valence-corrected chi connectivity index (χ3v) is 2.91. The predicted octanol–water partition coefficient (Wildman–Crippen LogP) is 1.91. The van der Waals surface area contributed by atoms with E-state index in [0.29, 0.717) is 12.1 Å². The van der Waals surface area contributed by atoms with Crippen molar-refractivity contribution in [3.05, 3.63) is 35.4 Å². The van der Waals surface area contributed by atoms with Crippen LogP contribution >= 0.6 is 0 Å². The van der Waals surface area contributed by atoms with Crippen molar-refractivity contribution in [3.8, 4) is 0 Å². The SMILES string of the molecule is CCNC1c2ccccc2C[C@H]1OC. The standard InChI is InChI=1S/C12H17NO/c1-3-13-12-10-7-5-4-6-9(10)8-11(12)14-2/h4-7,11-13H,3,8H2,1-2H3/t11-,12?/m1/s1. The summed E-state index contributed by atoms with van der Waals surface area (Å²) in [5, 5.41) is 3.48. The van der Waals surface area contributed by atoms with Crippen molar-refractivity contribution in [1.29, 1.82) is 0 Å². The molecule has 76 valence electrons. The van der Waals surface area contributed by atoms with Crippen LogP contribution < -0.4 is 5.32 Å². The molecule has 2 heteroatoms. The summed E-state index contributed by atoms with van der Waals surface area (Å²) in [6.07, 6.45) is 1.33. The van der Waals surface area contributed by atoms with Crippen LogP contribution in [-0.2, 0) is 11.2 Å². The molecular weight excluding hydrogens is 174 g/mol. The minimum absolute atomic E-state index is 0.298. The van der Waals surface area contributed by atoms with Crippen molar-refractivity contribution in [1.82, 2.24) is 5.32 Å². The molecule has 1 aliphatic carbocycles. The van der Waals surface area contributed by atoms with Gasteiger partial charge in [-0.3, -0.25) is 0 Å². The molecule has 0 heterocycles. The van der Waals surface area contributed by atoms with Gasteiger partial charge in [0, 0.05) is 13.5 Å². The summed E-state index contributed by atoms with van der Waals surface area (Å²) in [6.45, 7) is 3.12. The average molecular weight is 191 g/mol. The normalized spacial score (nSPS) is 25.0. The molecule has 0 radical (unpaired) electrons. The number of ether oxygens (including phenoxy) is 1. The number of hydrogen-bond donors (Lipinski definition) is 1. The van der Waals surface area contributed by atoms with Gasteiger partial charge in [0.15, 0.2) is 0 Å². The zero-order valence-electron chi connectivity index (χ0n) is 8.79. The van der Waals surface area contributed by atoms with E-state index >= 15 is 0 Å². The fourth-order valence-corrected chi connectivity index (χ4v) is 2.24. The Balaban J connectivity index is 2.27. The molecule has 1 unspecified atom stereocenters. The van der Waals surface area contributed by atoms with Crippen molar-refractivity contribution >= 4 is 0 Å². The molecular formula is C12H17NO. The van der Waals surface area contributed by atoms with Crippen LogP contribution in [0.5, 0.6) is 0 Å². The first-order valence-electron chi connectivity index (χ1n) is 5.20. The smallest absolute Gasteiger partial charge is 0.0806 e. The second-order valence-corrected chi connectivity index (χ2v) is 3.71. The Morgan fingerprint density at radius 2 is 2.21 bits per heavy atom. The number of nitrogens with one attached hydrogen (secondary N) is 1. The van der Waals surface area contributed by atoms with Crippen LogP contribution in [0.15, 0.2) is 24.3 Å². The molecule has 0 aliphatic heterocycles. The third-order valence-electron chi connectivity index (χ3n) is 2.91. The molecule has 0 bridgehead atoms. The second kappa shape index (κ2) is 4.11. The van der Waals surface area contributed by atoms with Gasteiger partial charge in [0.2, 0.25) is 0 Å². The van der Waals surface area contributed by atoms with Crippen molar-refractivity contribution in [2.24, 2.45) is 0 Å². The Morgan fingerprint density at radius 3 is 2.93 bits per heavy atom. The van der Waals surface area contributed by atoms with Gasteiger partial charge < -0.3 is 10.1 Å². The van der Waals surface area contributed by atoms with Gasteiger partial charge in [-0.05, 0) is 17.7 Å². The Kier molecular flexibility index (Phi) is 2.85. The Morgan fingerprint density at radius 1 is 1.43 bits per heavy atom. The molecule has 1 aromatic rings. The summed E-state index contributed by atoms with van der Waals surface area (Å²) in [5.41, 5.74) is 2.83. The third kappa shape index (κ3) is 1.56. The van der Waals surface area contributed by atoms with E-state index in [4.69, 9.17) is 4.74 Å². The average Bonchev–Trinajstić information content (AvgIpc) is 2.58. The van der Waals surface area contributed by atoms with Gasteiger partial charge in [-0.1, -0.05) is 31.2 Å². The van der Waals surface area contributed by atoms with Gasteiger partial charge in [-0.2, -0.15) is 0 Å². The van der Waals surface area contributed by atoms with Crippen LogP contribution in [-0.4, -0.2) is 19.8 Å². The van der Waals surface area contributed by atoms with Gasteiger partial charge in [0.1, 0.15) is 0 Å². The number of likely N-dealkylation sites (N-methyl/N-ethyl adjacent to an activating group) is 1. The zero-order chi connectivity index (χ0) is 9.97. The highest BCUT2D eigenvalue weighted by Crippen LogP contribution is 2.32. The molecule has 1 N–H and O–H groups in total. The van der Waals surface area contributed by atoms with E-state index in [-0.39, 0.29) is 0 Å². The van der Waals surface area contributed by atoms with Crippen LogP contribution in [0.3, 0.4) is 0 Å². The number of hydrogen-bond acceptors (Lipinski definition) is 2. The van der Waals surface area contributed by atoms with E-state index < -0.39 is 0 Å². The lowest BCUT2D eigenvalue weighted by molar-refractivity contribution is 0.0796. The maximum absolute atomic E-state index is 5.50. The quantitative estimate of drug-likeness (QED) is 0.788. The lowest BCUT2D eigenvalue weighted by atomic mass is 10.1. The van der Waals surface area contributed by atoms with Crippen LogP contribution in [0.25, 0.3) is 0 Å². The second-order valence-electron chi connectivity index (χ2n) is 3.71. The van der Waals surface area contributed by atoms with Gasteiger partial charge in [-0.25, -0.2) is 0 Å². The summed E-state index contributed by atoms with van der Waals surface area (Å²) in [7, 11) is 1.79. The summed E-state index contributed by atoms with van der Waals surface area (Å²) in [5.74, 6) is 0. The molecule has 1 aliphatic rings. The summed E-state index contributed by atoms with van der Waals surface area (Å²) in [4.78, 5) is 0. The number of methoxy groups -OCH3 is 1. The van der Waals surface area contributed by atoms with Crippen LogP contribution in [0.1, 0.15) is 24.1 Å². The Hall–Kier alpha value is -0.860. The van der Waals surface area contributed by atoms with Crippen molar-refractivity contribution < 1.29 is 4.74 Å². The van der Waals surface area contributed by atoms with E-state index in [1.807, 2.05) is 0 Å². The van der Waals surface area contributed by atoms with Crippen LogP contribution in [0.4, 0.5) is 0 Å². The molecule has 0 fully saturated rings. The molecule has 0 aromatic heterocycles. The molecule has 0 amide bonds. The van der Waals surface area contributed by atoms with Gasteiger partial charge in [0.05, 0.1) is 12.1 Å². The maximum atomic E-state index is 5.50. The largest absolute Gasteiger partial charge is 0.379 e. The number of fused-ring (bicyclic) bond motifs is 1. The number of rotatable bonds is 3. The van der Waals surface area contributed by atoms with Crippen molar-refractivity contribution in [2.45, 2.75) is 25.5 Å². The van der Waals surface area contributed by atoms with Crippen molar-refractivity contribution in [2.75, 3.05) is 13.7 Å². The van der Waals surface area contributed by atoms with E-state index in [1.165, 1.54) is 11.1 Å². The van der Waals surface area contributed by atoms with Crippen LogP contribution in [0, 0.1) is 0 Å². The predicted molar refractivity (Wildman–Crippen MR) is 57.4 cm³/mol. The van der Waals surface area contributed by atoms with E-state index in [2.05, 4.69) is 36.5 Å². The summed E-state index contributed by atoms with van der Waals surface area (Å²) >= 11 is 0. The lowest BCUT2D eigenvalue weighted by Gasteiger charge is -2.19. The summed E-state index contributed by atoms with van der Waals surface area (Å²) in [6, 6.07) is 8.96. The molecule has 2 atom stereocenters. The molecule has 1 aromatic carbocycles. The van der Waals surface area contributed by atoms with Gasteiger partial charge >= 0.3 is 0 Å². The van der Waals surface area contributed by atoms with E-state index in [1.54, 1.807) is 7.11 Å². The van der Waals surface area contributed by atoms with Gasteiger partial charge in [-0.15, -0.1) is 0 Å². The van der Waals surface area contributed by atoms with Gasteiger partial charge in [0.25, 0.3) is 0 Å². The maximum Gasteiger partial charge on any atom is 0.0806 e. The molecule has 0 saturated carbocycles. The molecule has 2 nitrogen and oxygen atoms in total. The highest BCUT2D eigenvalue weighted by atomic mass is 16.5. The Bertz CT molecular complexity index is 311. The fourth-order valence-electron chi connectivity index (χ4n) is 2.24. The monoisotopic (exact) mass is 191 g/mol. The molecule has 0 spiro atoms. The molecule has 0 saturated heterocycles. The van der Waals surface area contributed by atoms with Crippen molar-refractivity contribution in [3.63, 3.8) is 0 Å². The highest BCUT2D eigenvalue weighted by Gasteiger charge is 2.31. The fraction of sp³-hybridized carbons (Fsp3) is 0.500. The van der Waals surface area contributed by atoms with Crippen LogP contribution in [0.2, 0.25) is 0 Å². The molecule has 14 heavy (non-hydrogen) atoms. The highest BCUT2D eigenvalue weighted by molar-refractivity contribution is 5.36. The Labute approximate surface area is 85.3 Å². The minimum atomic E-state index is 0.298. The summed E-state index contributed by atoms with van der Waals surface area (Å²) < 4.78 is 5.50. The first-order valence-corrected chi connectivity index (χ1v) is 5.20. The topological polar surface area (TPSA) is 21.3 Å². The molecule has 2 rings (SSSR count). The van der Waals surface area contributed by atoms with E-state index in [0.717, 1.165) is 13.0 Å². The van der Waals surface area contributed by atoms with E-state index in [9.17, 15) is 0 Å². The first kappa shape index (κ1) is 9.69. The minimum Gasteiger partial charge on any atom is -0.379 e. The lowest BCUT2D eigenvalue weighted by Crippen LogP contribution is -2.29. The number of benzene rings is 1. The zero-order valence-corrected chi connectivity index (χ0v) is 8.79.